The Morgan fingerprint density at radius 3 is 2.60 bits per heavy atom. The minimum absolute atomic E-state index is 0.742. The summed E-state index contributed by atoms with van der Waals surface area (Å²) in [6.07, 6.45) is 0. The molecule has 0 bridgehead atoms. The smallest absolute Gasteiger partial charge is 0.0682 e. The molecule has 1 heterocycles. The highest BCUT2D eigenvalue weighted by Crippen LogP contribution is 2.13. The Kier molecular flexibility index (Phi) is 2.46. The standard InChI is InChI=1S/C12H15N3/c1-9-7-10(2)15(14-9)8-11-5-3-4-6-12(11)13/h3-7H,8,13H2,1-2H3. The Bertz CT molecular complexity index is 471. The number of anilines is 1. The predicted octanol–water partition coefficient (Wildman–Crippen LogP) is 2.13. The Balaban J connectivity index is 2.29. The van der Waals surface area contributed by atoms with Crippen LogP contribution in [0, 0.1) is 13.8 Å². The molecule has 2 rings (SSSR count). The number of nitrogens with zero attached hydrogens (tertiary/aromatic N) is 2. The van der Waals surface area contributed by atoms with Gasteiger partial charge in [0.2, 0.25) is 0 Å². The van der Waals surface area contributed by atoms with Gasteiger partial charge in [-0.25, -0.2) is 0 Å². The lowest BCUT2D eigenvalue weighted by Gasteiger charge is -2.07. The summed E-state index contributed by atoms with van der Waals surface area (Å²) in [4.78, 5) is 0. The number of nitrogens with two attached hydrogens (primary N) is 1. The number of nitrogen functional groups attached to an aromatic ring is 1. The van der Waals surface area contributed by atoms with E-state index in [1.165, 1.54) is 0 Å². The monoisotopic (exact) mass is 201 g/mol. The number of para-hydroxylation sites is 1. The number of hydrogen-bond acceptors (Lipinski definition) is 2. The van der Waals surface area contributed by atoms with Gasteiger partial charge in [0, 0.05) is 11.4 Å². The van der Waals surface area contributed by atoms with Crippen LogP contribution in [0.4, 0.5) is 5.69 Å². The number of rotatable bonds is 2. The Labute approximate surface area is 89.5 Å². The second kappa shape index (κ2) is 3.77. The van der Waals surface area contributed by atoms with E-state index in [-0.39, 0.29) is 0 Å². The van der Waals surface area contributed by atoms with Crippen molar-refractivity contribution in [3.05, 3.63) is 47.3 Å². The zero-order chi connectivity index (χ0) is 10.8. The Hall–Kier alpha value is -1.77. The first-order valence-corrected chi connectivity index (χ1v) is 5.01. The van der Waals surface area contributed by atoms with Gasteiger partial charge in [-0.2, -0.15) is 5.10 Å². The summed E-state index contributed by atoms with van der Waals surface area (Å²) in [7, 11) is 0. The first-order valence-electron chi connectivity index (χ1n) is 5.01. The maximum Gasteiger partial charge on any atom is 0.0682 e. The van der Waals surface area contributed by atoms with Crippen molar-refractivity contribution in [1.29, 1.82) is 0 Å². The summed E-state index contributed by atoms with van der Waals surface area (Å²) < 4.78 is 1.97. The van der Waals surface area contributed by atoms with Crippen molar-refractivity contribution < 1.29 is 0 Å². The molecule has 0 unspecified atom stereocenters. The molecule has 2 N–H and O–H groups in total. The van der Waals surface area contributed by atoms with E-state index in [0.29, 0.717) is 0 Å². The van der Waals surface area contributed by atoms with Gasteiger partial charge in [0.15, 0.2) is 0 Å². The maximum absolute atomic E-state index is 5.88. The van der Waals surface area contributed by atoms with Gasteiger partial charge in [0.05, 0.1) is 12.2 Å². The van der Waals surface area contributed by atoms with Crippen LogP contribution in [-0.2, 0) is 6.54 Å². The minimum Gasteiger partial charge on any atom is -0.398 e. The average molecular weight is 201 g/mol. The number of aromatic nitrogens is 2. The Morgan fingerprint density at radius 2 is 2.00 bits per heavy atom. The largest absolute Gasteiger partial charge is 0.398 e. The van der Waals surface area contributed by atoms with Gasteiger partial charge in [-0.05, 0) is 31.5 Å². The summed E-state index contributed by atoms with van der Waals surface area (Å²) in [5.41, 5.74) is 10.0. The maximum atomic E-state index is 5.88. The molecule has 3 heteroatoms. The van der Waals surface area contributed by atoms with Gasteiger partial charge in [0.1, 0.15) is 0 Å². The molecule has 1 aromatic carbocycles. The number of benzene rings is 1. The summed E-state index contributed by atoms with van der Waals surface area (Å²) in [6.45, 7) is 4.79. The van der Waals surface area contributed by atoms with E-state index < -0.39 is 0 Å². The number of aryl methyl sites for hydroxylation is 2. The molecule has 0 radical (unpaired) electrons. The highest BCUT2D eigenvalue weighted by molar-refractivity contribution is 5.46. The van der Waals surface area contributed by atoms with Gasteiger partial charge in [0.25, 0.3) is 0 Å². The molecule has 0 aliphatic rings. The van der Waals surface area contributed by atoms with Gasteiger partial charge in [-0.1, -0.05) is 18.2 Å². The van der Waals surface area contributed by atoms with Gasteiger partial charge in [-0.15, -0.1) is 0 Å². The van der Waals surface area contributed by atoms with E-state index in [1.807, 2.05) is 35.9 Å². The molecule has 0 saturated heterocycles. The highest BCUT2D eigenvalue weighted by Gasteiger charge is 2.03. The highest BCUT2D eigenvalue weighted by atomic mass is 15.3. The van der Waals surface area contributed by atoms with Crippen molar-refractivity contribution >= 4 is 5.69 Å². The van der Waals surface area contributed by atoms with Gasteiger partial charge >= 0.3 is 0 Å². The summed E-state index contributed by atoms with van der Waals surface area (Å²) in [6, 6.07) is 9.96. The molecule has 2 aromatic rings. The quantitative estimate of drug-likeness (QED) is 0.756. The van der Waals surface area contributed by atoms with E-state index in [1.54, 1.807) is 0 Å². The van der Waals surface area contributed by atoms with E-state index in [4.69, 9.17) is 5.73 Å². The lowest BCUT2D eigenvalue weighted by Crippen LogP contribution is -2.06. The molecule has 0 saturated carbocycles. The van der Waals surface area contributed by atoms with Crippen LogP contribution >= 0.6 is 0 Å². The van der Waals surface area contributed by atoms with E-state index >= 15 is 0 Å². The normalized spacial score (nSPS) is 10.5. The molecule has 15 heavy (non-hydrogen) atoms. The molecule has 78 valence electrons. The molecular formula is C12H15N3. The van der Waals surface area contributed by atoms with Crippen molar-refractivity contribution in [3.8, 4) is 0 Å². The topological polar surface area (TPSA) is 43.8 Å². The Morgan fingerprint density at radius 1 is 1.27 bits per heavy atom. The average Bonchev–Trinajstić information content (AvgIpc) is 2.49. The fraction of sp³-hybridized carbons (Fsp3) is 0.250. The van der Waals surface area contributed by atoms with E-state index in [0.717, 1.165) is 29.2 Å². The van der Waals surface area contributed by atoms with Gasteiger partial charge in [-0.3, -0.25) is 4.68 Å². The first-order chi connectivity index (χ1) is 7.16. The minimum atomic E-state index is 0.742. The van der Waals surface area contributed by atoms with Crippen LogP contribution in [0.1, 0.15) is 17.0 Å². The van der Waals surface area contributed by atoms with Crippen LogP contribution in [0.25, 0.3) is 0 Å². The molecule has 3 nitrogen and oxygen atoms in total. The van der Waals surface area contributed by atoms with E-state index in [2.05, 4.69) is 18.1 Å². The second-order valence-corrected chi connectivity index (χ2v) is 3.78. The summed E-state index contributed by atoms with van der Waals surface area (Å²) in [5, 5.41) is 4.41. The molecule has 0 amide bonds. The third kappa shape index (κ3) is 2.01. The predicted molar refractivity (Wildman–Crippen MR) is 61.7 cm³/mol. The molecule has 0 spiro atoms. The lowest BCUT2D eigenvalue weighted by atomic mass is 10.2. The third-order valence-electron chi connectivity index (χ3n) is 2.48. The van der Waals surface area contributed by atoms with Crippen LogP contribution in [0.2, 0.25) is 0 Å². The van der Waals surface area contributed by atoms with Crippen LogP contribution in [-0.4, -0.2) is 9.78 Å². The van der Waals surface area contributed by atoms with Crippen molar-refractivity contribution in [2.75, 3.05) is 5.73 Å². The van der Waals surface area contributed by atoms with Crippen LogP contribution in [0.5, 0.6) is 0 Å². The molecule has 1 aromatic heterocycles. The fourth-order valence-electron chi connectivity index (χ4n) is 1.67. The van der Waals surface area contributed by atoms with Crippen molar-refractivity contribution in [1.82, 2.24) is 9.78 Å². The molecule has 0 fully saturated rings. The van der Waals surface area contributed by atoms with Crippen molar-refractivity contribution in [2.45, 2.75) is 20.4 Å². The molecule has 0 aliphatic carbocycles. The summed E-state index contributed by atoms with van der Waals surface area (Å²) >= 11 is 0. The lowest BCUT2D eigenvalue weighted by molar-refractivity contribution is 0.660. The SMILES string of the molecule is Cc1cc(C)n(Cc2ccccc2N)n1. The van der Waals surface area contributed by atoms with Crippen molar-refractivity contribution in [2.24, 2.45) is 0 Å². The molecule has 0 atom stereocenters. The first kappa shape index (κ1) is 9.77. The van der Waals surface area contributed by atoms with Crippen LogP contribution in [0.15, 0.2) is 30.3 Å². The number of hydrogen-bond donors (Lipinski definition) is 1. The third-order valence-corrected chi connectivity index (χ3v) is 2.48. The second-order valence-electron chi connectivity index (χ2n) is 3.78. The van der Waals surface area contributed by atoms with Crippen LogP contribution < -0.4 is 5.73 Å². The van der Waals surface area contributed by atoms with Gasteiger partial charge < -0.3 is 5.73 Å². The van der Waals surface area contributed by atoms with E-state index in [9.17, 15) is 0 Å². The zero-order valence-electron chi connectivity index (χ0n) is 9.07. The zero-order valence-corrected chi connectivity index (χ0v) is 9.07. The van der Waals surface area contributed by atoms with Crippen molar-refractivity contribution in [3.63, 3.8) is 0 Å². The molecule has 0 aliphatic heterocycles. The van der Waals surface area contributed by atoms with Crippen LogP contribution in [0.3, 0.4) is 0 Å². The summed E-state index contributed by atoms with van der Waals surface area (Å²) in [5.74, 6) is 0. The molecular weight excluding hydrogens is 186 g/mol. The fourth-order valence-corrected chi connectivity index (χ4v) is 1.67.